The van der Waals surface area contributed by atoms with E-state index in [1.807, 2.05) is 126 Å². The number of carbonyl (C=O) groups excluding carboxylic acids is 1. The number of thiocarbonyl (C=S) groups is 1. The molecule has 1 atom stereocenters. The number of aryl methyl sites for hydroxylation is 1. The lowest BCUT2D eigenvalue weighted by molar-refractivity contribution is -0.131. The number of nitriles is 1. The molecule has 1 heterocycles. The van der Waals surface area contributed by atoms with Crippen LogP contribution >= 0.6 is 35.4 Å². The first-order valence-electron chi connectivity index (χ1n) is 19.6. The second kappa shape index (κ2) is 20.6. The van der Waals surface area contributed by atoms with Crippen molar-refractivity contribution < 1.29 is 9.53 Å². The Morgan fingerprint density at radius 3 is 2.27 bits per heavy atom. The first-order valence-corrected chi connectivity index (χ1v) is 20.7. The van der Waals surface area contributed by atoms with Gasteiger partial charge in [-0.05, 0) is 95.7 Å². The molecule has 300 valence electrons. The number of nitrogens with one attached hydrogen (secondary N) is 2. The van der Waals surface area contributed by atoms with Gasteiger partial charge in [0.05, 0.1) is 39.6 Å². The number of ether oxygens (including phenoxy) is 1. The fourth-order valence-corrected chi connectivity index (χ4v) is 7.56. The van der Waals surface area contributed by atoms with Crippen LogP contribution in [0, 0.1) is 11.3 Å². The summed E-state index contributed by atoms with van der Waals surface area (Å²) in [6.45, 7) is 1.36. The SMILES string of the molecule is N#Cc1ccc(Cn2cncc2C(Cc2cccc(Cl)c2Cl)C(=O)N(NCCCc2ccc(OCc3ccccc3)cc2)C(=S)Nc2ccccc2-c2ccccc2)cc1. The number of amides is 1. The van der Waals surface area contributed by atoms with Crippen molar-refractivity contribution in [1.82, 2.24) is 20.0 Å². The zero-order valence-corrected chi connectivity index (χ0v) is 35.0. The van der Waals surface area contributed by atoms with Gasteiger partial charge in [0.25, 0.3) is 5.91 Å². The first kappa shape index (κ1) is 41.9. The van der Waals surface area contributed by atoms with E-state index in [2.05, 4.69) is 33.9 Å². The molecule has 1 unspecified atom stereocenters. The largest absolute Gasteiger partial charge is 0.489 e. The van der Waals surface area contributed by atoms with Crippen LogP contribution < -0.4 is 15.5 Å². The molecule has 7 rings (SSSR count). The second-order valence-electron chi connectivity index (χ2n) is 14.2. The van der Waals surface area contributed by atoms with E-state index in [-0.39, 0.29) is 17.4 Å². The summed E-state index contributed by atoms with van der Waals surface area (Å²) in [6, 6.07) is 51.0. The lowest BCUT2D eigenvalue weighted by Crippen LogP contribution is -2.51. The molecule has 0 fully saturated rings. The summed E-state index contributed by atoms with van der Waals surface area (Å²) in [6.07, 6.45) is 5.09. The van der Waals surface area contributed by atoms with Crippen LogP contribution in [0.25, 0.3) is 11.1 Å². The molecule has 8 nitrogen and oxygen atoms in total. The highest BCUT2D eigenvalue weighted by molar-refractivity contribution is 7.80. The predicted molar refractivity (Wildman–Crippen MR) is 244 cm³/mol. The van der Waals surface area contributed by atoms with Crippen LogP contribution in [-0.2, 0) is 30.8 Å². The van der Waals surface area contributed by atoms with E-state index in [1.54, 1.807) is 30.7 Å². The number of hydrazine groups is 1. The summed E-state index contributed by atoms with van der Waals surface area (Å²) in [5, 5.41) is 15.1. The molecule has 0 aliphatic rings. The van der Waals surface area contributed by atoms with E-state index < -0.39 is 5.92 Å². The number of anilines is 1. The van der Waals surface area contributed by atoms with Gasteiger partial charge in [-0.15, -0.1) is 0 Å². The number of benzene rings is 6. The highest BCUT2D eigenvalue weighted by Crippen LogP contribution is 2.33. The summed E-state index contributed by atoms with van der Waals surface area (Å²) in [4.78, 5) is 19.8. The van der Waals surface area contributed by atoms with Gasteiger partial charge in [0.1, 0.15) is 12.4 Å². The first-order chi connectivity index (χ1) is 29.4. The van der Waals surface area contributed by atoms with E-state index in [9.17, 15) is 5.26 Å². The van der Waals surface area contributed by atoms with Gasteiger partial charge in [0.15, 0.2) is 5.11 Å². The van der Waals surface area contributed by atoms with Crippen molar-refractivity contribution in [3.8, 4) is 22.9 Å². The zero-order chi connectivity index (χ0) is 41.7. The molecular formula is C49H42Cl2N6O2S. The zero-order valence-electron chi connectivity index (χ0n) is 32.7. The van der Waals surface area contributed by atoms with Gasteiger partial charge >= 0.3 is 0 Å². The van der Waals surface area contributed by atoms with E-state index in [4.69, 9.17) is 40.2 Å². The minimum atomic E-state index is -0.790. The molecule has 0 radical (unpaired) electrons. The van der Waals surface area contributed by atoms with Gasteiger partial charge in [-0.2, -0.15) is 5.26 Å². The lowest BCUT2D eigenvalue weighted by Gasteiger charge is -2.30. The van der Waals surface area contributed by atoms with Gasteiger partial charge in [-0.1, -0.05) is 138 Å². The molecule has 0 saturated carbocycles. The summed E-state index contributed by atoms with van der Waals surface area (Å²) < 4.78 is 7.93. The Kier molecular flexibility index (Phi) is 14.4. The third-order valence-electron chi connectivity index (χ3n) is 10.1. The fraction of sp³-hybridized carbons (Fsp3) is 0.143. The van der Waals surface area contributed by atoms with Crippen LogP contribution in [0.3, 0.4) is 0 Å². The monoisotopic (exact) mass is 848 g/mol. The average molecular weight is 850 g/mol. The van der Waals surface area contributed by atoms with Gasteiger partial charge in [0, 0.05) is 30.5 Å². The van der Waals surface area contributed by atoms with Crippen molar-refractivity contribution in [1.29, 1.82) is 5.26 Å². The van der Waals surface area contributed by atoms with Crippen molar-refractivity contribution >= 4 is 52.1 Å². The number of hydrogen-bond donors (Lipinski definition) is 2. The van der Waals surface area contributed by atoms with E-state index >= 15 is 4.79 Å². The van der Waals surface area contributed by atoms with Crippen molar-refractivity contribution in [2.75, 3.05) is 11.9 Å². The Labute approximate surface area is 366 Å². The van der Waals surface area contributed by atoms with Crippen LogP contribution in [-0.4, -0.2) is 32.1 Å². The van der Waals surface area contributed by atoms with Gasteiger partial charge in [0.2, 0.25) is 0 Å². The number of carbonyl (C=O) groups is 1. The molecule has 11 heteroatoms. The number of aromatic nitrogens is 2. The van der Waals surface area contributed by atoms with Crippen LogP contribution in [0.15, 0.2) is 164 Å². The maximum Gasteiger partial charge on any atom is 0.252 e. The van der Waals surface area contributed by atoms with Crippen molar-refractivity contribution in [2.24, 2.45) is 0 Å². The van der Waals surface area contributed by atoms with Crippen molar-refractivity contribution in [3.63, 3.8) is 0 Å². The number of hydrogen-bond acceptors (Lipinski definition) is 6. The van der Waals surface area contributed by atoms with Crippen LogP contribution in [0.4, 0.5) is 5.69 Å². The number of nitrogens with zero attached hydrogens (tertiary/aromatic N) is 4. The van der Waals surface area contributed by atoms with E-state index in [1.165, 1.54) is 5.01 Å². The number of para-hydroxylation sites is 1. The molecule has 0 bridgehead atoms. The third-order valence-corrected chi connectivity index (χ3v) is 11.2. The Morgan fingerprint density at radius 1 is 0.817 bits per heavy atom. The lowest BCUT2D eigenvalue weighted by atomic mass is 9.94. The van der Waals surface area contributed by atoms with Gasteiger partial charge < -0.3 is 14.6 Å². The minimum absolute atomic E-state index is 0.184. The normalized spacial score (nSPS) is 11.3. The predicted octanol–water partition coefficient (Wildman–Crippen LogP) is 11.0. The Balaban J connectivity index is 1.15. The molecule has 0 aliphatic heterocycles. The maximum absolute atomic E-state index is 15.3. The summed E-state index contributed by atoms with van der Waals surface area (Å²) in [5.74, 6) is -0.293. The summed E-state index contributed by atoms with van der Waals surface area (Å²) >= 11 is 19.4. The molecule has 1 amide bonds. The molecule has 1 aromatic heterocycles. The van der Waals surface area contributed by atoms with Crippen LogP contribution in [0.1, 0.15) is 45.8 Å². The van der Waals surface area contributed by atoms with Crippen LogP contribution in [0.5, 0.6) is 5.75 Å². The van der Waals surface area contributed by atoms with Crippen LogP contribution in [0.2, 0.25) is 10.0 Å². The molecular weight excluding hydrogens is 808 g/mol. The smallest absolute Gasteiger partial charge is 0.252 e. The Morgan fingerprint density at radius 2 is 1.52 bits per heavy atom. The maximum atomic E-state index is 15.3. The fourth-order valence-electron chi connectivity index (χ4n) is 6.89. The van der Waals surface area contributed by atoms with Crippen molar-refractivity contribution in [3.05, 3.63) is 208 Å². The minimum Gasteiger partial charge on any atom is -0.489 e. The van der Waals surface area contributed by atoms with Crippen molar-refractivity contribution in [2.45, 2.75) is 38.3 Å². The van der Waals surface area contributed by atoms with E-state index in [0.717, 1.165) is 45.7 Å². The number of rotatable bonds is 16. The molecule has 0 aliphatic carbocycles. The molecule has 60 heavy (non-hydrogen) atoms. The topological polar surface area (TPSA) is 95.2 Å². The quantitative estimate of drug-likeness (QED) is 0.0568. The second-order valence-corrected chi connectivity index (χ2v) is 15.3. The highest BCUT2D eigenvalue weighted by Gasteiger charge is 2.32. The molecule has 6 aromatic carbocycles. The third kappa shape index (κ3) is 10.9. The van der Waals surface area contributed by atoms with Gasteiger partial charge in [-0.3, -0.25) is 4.79 Å². The average Bonchev–Trinajstić information content (AvgIpc) is 3.75. The highest BCUT2D eigenvalue weighted by atomic mass is 35.5. The Hall–Kier alpha value is -6.28. The molecule has 0 saturated heterocycles. The van der Waals surface area contributed by atoms with Gasteiger partial charge in [-0.25, -0.2) is 15.4 Å². The number of imidazole rings is 1. The summed E-state index contributed by atoms with van der Waals surface area (Å²) in [7, 11) is 0. The molecule has 7 aromatic rings. The Bertz CT molecular complexity index is 2560. The van der Waals surface area contributed by atoms with E-state index in [0.29, 0.717) is 53.0 Å². The number of halogens is 2. The molecule has 2 N–H and O–H groups in total. The molecule has 0 spiro atoms. The summed E-state index contributed by atoms with van der Waals surface area (Å²) in [5.41, 5.74) is 11.2. The standard InChI is InChI=1S/C49H42Cl2N6O2S/c50-44-18-9-16-40(47(44)51)29-43(46-31-53-34-56(46)32-37-22-20-36(30-52)21-23-37)48(58)57(49(60)55-45-19-8-7-17-42(45)39-14-5-2-6-15-39)54-28-10-13-35-24-26-41(27-25-35)59-33-38-11-3-1-4-12-38/h1-9,11-12,14-27,31,34,43,54H,10,13,28-29,32-33H2,(H,55,60).